The Bertz CT molecular complexity index is 777. The highest BCUT2D eigenvalue weighted by Gasteiger charge is 2.30. The molecule has 138 valence electrons. The fraction of sp³-hybridized carbons (Fsp3) is 0.222. The van der Waals surface area contributed by atoms with Crippen molar-refractivity contribution in [1.82, 2.24) is 5.32 Å². The molecule has 2 rings (SSSR count). The summed E-state index contributed by atoms with van der Waals surface area (Å²) in [4.78, 5) is 23.5. The van der Waals surface area contributed by atoms with Gasteiger partial charge in [-0.3, -0.25) is 9.59 Å². The van der Waals surface area contributed by atoms with Crippen LogP contribution in [0.15, 0.2) is 48.5 Å². The van der Waals surface area contributed by atoms with Crippen molar-refractivity contribution in [2.24, 2.45) is 0 Å². The third kappa shape index (κ3) is 6.40. The zero-order valence-electron chi connectivity index (χ0n) is 13.6. The predicted octanol–water partition coefficient (Wildman–Crippen LogP) is 4.05. The highest BCUT2D eigenvalue weighted by atomic mass is 35.5. The highest BCUT2D eigenvalue weighted by molar-refractivity contribution is 6.30. The monoisotopic (exact) mass is 384 g/mol. The lowest BCUT2D eigenvalue weighted by Gasteiger charge is -2.09. The van der Waals surface area contributed by atoms with Crippen molar-refractivity contribution in [1.29, 1.82) is 0 Å². The van der Waals surface area contributed by atoms with Crippen molar-refractivity contribution >= 4 is 29.1 Å². The second-order valence-electron chi connectivity index (χ2n) is 5.53. The quantitative estimate of drug-likeness (QED) is 0.738. The lowest BCUT2D eigenvalue weighted by Crippen LogP contribution is -2.29. The van der Waals surface area contributed by atoms with Crippen molar-refractivity contribution in [2.75, 3.05) is 11.9 Å². The third-order valence-electron chi connectivity index (χ3n) is 3.44. The molecule has 0 atom stereocenters. The molecule has 2 amide bonds. The fourth-order valence-corrected chi connectivity index (χ4v) is 2.41. The lowest BCUT2D eigenvalue weighted by atomic mass is 10.1. The molecule has 0 spiro atoms. The highest BCUT2D eigenvalue weighted by Crippen LogP contribution is 2.29. The van der Waals surface area contributed by atoms with E-state index in [4.69, 9.17) is 11.6 Å². The second kappa shape index (κ2) is 8.71. The van der Waals surface area contributed by atoms with E-state index in [0.29, 0.717) is 18.0 Å². The molecule has 0 unspecified atom stereocenters. The van der Waals surface area contributed by atoms with Gasteiger partial charge in [0.1, 0.15) is 6.42 Å². The van der Waals surface area contributed by atoms with Crippen LogP contribution in [0.2, 0.25) is 5.02 Å². The van der Waals surface area contributed by atoms with Crippen LogP contribution in [-0.4, -0.2) is 18.4 Å². The number of benzene rings is 2. The standard InChI is InChI=1S/C18H16ClF3N2O2/c19-14-3-1-2-12(10-14)8-9-23-16(25)11-17(26)24-15-6-4-13(5-7-15)18(20,21)22/h1-7,10H,8-9,11H2,(H,23,25)(H,24,26). The number of hydrogen-bond acceptors (Lipinski definition) is 2. The van der Waals surface area contributed by atoms with Gasteiger partial charge in [0.2, 0.25) is 11.8 Å². The van der Waals surface area contributed by atoms with Crippen molar-refractivity contribution < 1.29 is 22.8 Å². The molecule has 0 saturated heterocycles. The molecular weight excluding hydrogens is 369 g/mol. The SMILES string of the molecule is O=C(CC(=O)Nc1ccc(C(F)(F)F)cc1)NCCc1cccc(Cl)c1. The summed E-state index contributed by atoms with van der Waals surface area (Å²) >= 11 is 5.86. The summed E-state index contributed by atoms with van der Waals surface area (Å²) < 4.78 is 37.4. The Labute approximate surface area is 153 Å². The van der Waals surface area contributed by atoms with E-state index >= 15 is 0 Å². The summed E-state index contributed by atoms with van der Waals surface area (Å²) in [6.07, 6.45) is -4.30. The minimum absolute atomic E-state index is 0.190. The molecule has 0 aliphatic rings. The smallest absolute Gasteiger partial charge is 0.355 e. The van der Waals surface area contributed by atoms with Gasteiger partial charge in [-0.1, -0.05) is 23.7 Å². The molecule has 0 bridgehead atoms. The number of carbonyl (C=O) groups is 2. The van der Waals surface area contributed by atoms with Crippen LogP contribution in [0.1, 0.15) is 17.5 Å². The van der Waals surface area contributed by atoms with E-state index in [0.717, 1.165) is 29.8 Å². The van der Waals surface area contributed by atoms with Crippen LogP contribution in [0, 0.1) is 0 Å². The first-order valence-electron chi connectivity index (χ1n) is 7.72. The van der Waals surface area contributed by atoms with Gasteiger partial charge in [-0.15, -0.1) is 0 Å². The molecule has 26 heavy (non-hydrogen) atoms. The molecule has 0 aromatic heterocycles. The normalized spacial score (nSPS) is 11.1. The first-order valence-corrected chi connectivity index (χ1v) is 8.10. The zero-order valence-corrected chi connectivity index (χ0v) is 14.3. The molecular formula is C18H16ClF3N2O2. The maximum atomic E-state index is 12.5. The molecule has 4 nitrogen and oxygen atoms in total. The maximum Gasteiger partial charge on any atom is 0.416 e. The topological polar surface area (TPSA) is 58.2 Å². The Morgan fingerprint density at radius 3 is 2.31 bits per heavy atom. The average molecular weight is 385 g/mol. The van der Waals surface area contributed by atoms with E-state index in [1.165, 1.54) is 0 Å². The number of hydrogen-bond donors (Lipinski definition) is 2. The van der Waals surface area contributed by atoms with Crippen LogP contribution >= 0.6 is 11.6 Å². The van der Waals surface area contributed by atoms with E-state index in [2.05, 4.69) is 10.6 Å². The number of alkyl halides is 3. The van der Waals surface area contributed by atoms with Crippen LogP contribution in [0.3, 0.4) is 0 Å². The third-order valence-corrected chi connectivity index (χ3v) is 3.68. The second-order valence-corrected chi connectivity index (χ2v) is 5.97. The number of nitrogens with one attached hydrogen (secondary N) is 2. The molecule has 0 heterocycles. The fourth-order valence-electron chi connectivity index (χ4n) is 2.19. The van der Waals surface area contributed by atoms with Crippen LogP contribution < -0.4 is 10.6 Å². The molecule has 0 saturated carbocycles. The predicted molar refractivity (Wildman–Crippen MR) is 92.9 cm³/mol. The van der Waals surface area contributed by atoms with E-state index in [1.54, 1.807) is 18.2 Å². The Balaban J connectivity index is 1.75. The van der Waals surface area contributed by atoms with E-state index in [-0.39, 0.29) is 5.69 Å². The van der Waals surface area contributed by atoms with Crippen molar-refractivity contribution in [3.05, 3.63) is 64.7 Å². The molecule has 0 aliphatic carbocycles. The van der Waals surface area contributed by atoms with Crippen molar-refractivity contribution in [2.45, 2.75) is 19.0 Å². The van der Waals surface area contributed by atoms with Crippen LogP contribution in [0.5, 0.6) is 0 Å². The minimum atomic E-state index is -4.44. The van der Waals surface area contributed by atoms with Gasteiger partial charge in [-0.05, 0) is 48.4 Å². The Morgan fingerprint density at radius 1 is 1.00 bits per heavy atom. The first-order chi connectivity index (χ1) is 12.2. The Morgan fingerprint density at radius 2 is 1.69 bits per heavy atom. The Hall–Kier alpha value is -2.54. The molecule has 2 aromatic carbocycles. The zero-order chi connectivity index (χ0) is 19.2. The van der Waals surface area contributed by atoms with Crippen LogP contribution in [0.25, 0.3) is 0 Å². The van der Waals surface area contributed by atoms with E-state index in [9.17, 15) is 22.8 Å². The van der Waals surface area contributed by atoms with Crippen LogP contribution in [0.4, 0.5) is 18.9 Å². The molecule has 2 N–H and O–H groups in total. The van der Waals surface area contributed by atoms with Gasteiger partial charge >= 0.3 is 6.18 Å². The molecule has 0 radical (unpaired) electrons. The molecule has 0 aliphatic heterocycles. The van der Waals surface area contributed by atoms with Gasteiger partial charge < -0.3 is 10.6 Å². The van der Waals surface area contributed by atoms with Gasteiger partial charge in [0.25, 0.3) is 0 Å². The summed E-state index contributed by atoms with van der Waals surface area (Å²) in [7, 11) is 0. The summed E-state index contributed by atoms with van der Waals surface area (Å²) in [6, 6.07) is 11.2. The summed E-state index contributed by atoms with van der Waals surface area (Å²) in [5.74, 6) is -1.08. The Kier molecular flexibility index (Phi) is 6.63. The van der Waals surface area contributed by atoms with Gasteiger partial charge in [-0.25, -0.2) is 0 Å². The van der Waals surface area contributed by atoms with Gasteiger partial charge in [-0.2, -0.15) is 13.2 Å². The largest absolute Gasteiger partial charge is 0.416 e. The maximum absolute atomic E-state index is 12.5. The lowest BCUT2D eigenvalue weighted by molar-refractivity contribution is -0.137. The van der Waals surface area contributed by atoms with Crippen molar-refractivity contribution in [3.8, 4) is 0 Å². The van der Waals surface area contributed by atoms with E-state index in [1.807, 2.05) is 6.07 Å². The van der Waals surface area contributed by atoms with Crippen molar-refractivity contribution in [3.63, 3.8) is 0 Å². The minimum Gasteiger partial charge on any atom is -0.355 e. The van der Waals surface area contributed by atoms with Gasteiger partial charge in [0, 0.05) is 17.3 Å². The first kappa shape index (κ1) is 19.8. The van der Waals surface area contributed by atoms with Gasteiger partial charge in [0.15, 0.2) is 0 Å². The summed E-state index contributed by atoms with van der Waals surface area (Å²) in [5, 5.41) is 5.59. The molecule has 2 aromatic rings. The number of anilines is 1. The van der Waals surface area contributed by atoms with Crippen LogP contribution in [-0.2, 0) is 22.2 Å². The number of rotatable bonds is 6. The van der Waals surface area contributed by atoms with E-state index < -0.39 is 30.0 Å². The summed E-state index contributed by atoms with van der Waals surface area (Å²) in [6.45, 7) is 0.340. The van der Waals surface area contributed by atoms with Gasteiger partial charge in [0.05, 0.1) is 5.56 Å². The summed E-state index contributed by atoms with van der Waals surface area (Å²) in [5.41, 5.74) is 0.330. The number of halogens is 4. The molecule has 8 heteroatoms. The number of carbonyl (C=O) groups excluding carboxylic acids is 2. The number of amides is 2. The average Bonchev–Trinajstić information content (AvgIpc) is 2.54. The molecule has 0 fully saturated rings.